The van der Waals surface area contributed by atoms with Gasteiger partial charge in [0.25, 0.3) is 5.56 Å². The minimum absolute atomic E-state index is 0.0494. The Labute approximate surface area is 184 Å². The van der Waals surface area contributed by atoms with Gasteiger partial charge in [0, 0.05) is 37.2 Å². The standard InChI is InChI=1S/C24H24F2N4O2/c25-20-6-7-22(26)19(12-20)14-27-24(32)18-8-10-29(11-9-18)21-13-23(31)30(28-15-21)16-17-4-2-1-3-5-17/h1-7,12-13,15,18H,8-11,14,16H2,(H,27,32). The van der Waals surface area contributed by atoms with Gasteiger partial charge in [0.05, 0.1) is 18.4 Å². The van der Waals surface area contributed by atoms with E-state index < -0.39 is 11.6 Å². The topological polar surface area (TPSA) is 67.2 Å². The van der Waals surface area contributed by atoms with Gasteiger partial charge in [-0.3, -0.25) is 9.59 Å². The fourth-order valence-electron chi connectivity index (χ4n) is 3.88. The average Bonchev–Trinajstić information content (AvgIpc) is 2.81. The van der Waals surface area contributed by atoms with Crippen LogP contribution in [0.2, 0.25) is 0 Å². The highest BCUT2D eigenvalue weighted by atomic mass is 19.1. The molecule has 1 fully saturated rings. The Balaban J connectivity index is 1.31. The van der Waals surface area contributed by atoms with Crippen molar-refractivity contribution in [1.29, 1.82) is 0 Å². The molecule has 1 saturated heterocycles. The zero-order valence-electron chi connectivity index (χ0n) is 17.5. The number of piperidine rings is 1. The van der Waals surface area contributed by atoms with Crippen molar-refractivity contribution in [3.63, 3.8) is 0 Å². The molecule has 1 aliphatic heterocycles. The number of benzene rings is 2. The van der Waals surface area contributed by atoms with Crippen molar-refractivity contribution in [3.8, 4) is 0 Å². The summed E-state index contributed by atoms with van der Waals surface area (Å²) in [5.74, 6) is -1.47. The molecule has 0 unspecified atom stereocenters. The zero-order valence-corrected chi connectivity index (χ0v) is 17.5. The SMILES string of the molecule is O=C(NCc1cc(F)ccc1F)C1CCN(c2cnn(Cc3ccccc3)c(=O)c2)CC1. The summed E-state index contributed by atoms with van der Waals surface area (Å²) in [4.78, 5) is 27.0. The summed E-state index contributed by atoms with van der Waals surface area (Å²) in [5.41, 5.74) is 1.68. The molecule has 0 aliphatic carbocycles. The van der Waals surface area contributed by atoms with Gasteiger partial charge < -0.3 is 10.2 Å². The molecular weight excluding hydrogens is 414 g/mol. The van der Waals surface area contributed by atoms with Gasteiger partial charge in [0.15, 0.2) is 0 Å². The van der Waals surface area contributed by atoms with E-state index in [1.807, 2.05) is 35.2 Å². The van der Waals surface area contributed by atoms with Crippen molar-refractivity contribution in [2.24, 2.45) is 5.92 Å². The Bertz CT molecular complexity index is 1140. The Morgan fingerprint density at radius 1 is 1.06 bits per heavy atom. The lowest BCUT2D eigenvalue weighted by molar-refractivity contribution is -0.125. The van der Waals surface area contributed by atoms with Crippen molar-refractivity contribution >= 4 is 11.6 Å². The van der Waals surface area contributed by atoms with Gasteiger partial charge in [-0.2, -0.15) is 5.10 Å². The monoisotopic (exact) mass is 438 g/mol. The van der Waals surface area contributed by atoms with E-state index in [0.29, 0.717) is 32.5 Å². The maximum atomic E-state index is 13.7. The molecule has 32 heavy (non-hydrogen) atoms. The normalized spacial score (nSPS) is 14.4. The second-order valence-electron chi connectivity index (χ2n) is 7.91. The van der Waals surface area contributed by atoms with E-state index in [0.717, 1.165) is 29.4 Å². The molecule has 1 N–H and O–H groups in total. The van der Waals surface area contributed by atoms with E-state index in [4.69, 9.17) is 0 Å². The molecule has 1 aromatic heterocycles. The predicted molar refractivity (Wildman–Crippen MR) is 117 cm³/mol. The Kier molecular flexibility index (Phi) is 6.58. The molecule has 166 valence electrons. The number of rotatable bonds is 6. The number of nitrogens with one attached hydrogen (secondary N) is 1. The van der Waals surface area contributed by atoms with Crippen LogP contribution in [-0.4, -0.2) is 28.8 Å². The van der Waals surface area contributed by atoms with E-state index >= 15 is 0 Å². The number of hydrogen-bond acceptors (Lipinski definition) is 4. The Morgan fingerprint density at radius 2 is 1.81 bits per heavy atom. The lowest BCUT2D eigenvalue weighted by Crippen LogP contribution is -2.41. The molecule has 3 aromatic rings. The summed E-state index contributed by atoms with van der Waals surface area (Å²) in [6.45, 7) is 1.58. The van der Waals surface area contributed by atoms with E-state index in [9.17, 15) is 18.4 Å². The van der Waals surface area contributed by atoms with Gasteiger partial charge in [-0.05, 0) is 36.6 Å². The number of halogens is 2. The predicted octanol–water partition coefficient (Wildman–Crippen LogP) is 3.10. The van der Waals surface area contributed by atoms with Crippen LogP contribution in [0.15, 0.2) is 65.6 Å². The van der Waals surface area contributed by atoms with Gasteiger partial charge >= 0.3 is 0 Å². The molecule has 6 nitrogen and oxygen atoms in total. The molecule has 2 aromatic carbocycles. The first-order chi connectivity index (χ1) is 15.5. The molecule has 1 aliphatic rings. The number of anilines is 1. The molecule has 8 heteroatoms. The van der Waals surface area contributed by atoms with Crippen molar-refractivity contribution in [1.82, 2.24) is 15.1 Å². The highest BCUT2D eigenvalue weighted by Gasteiger charge is 2.25. The first kappa shape index (κ1) is 21.7. The summed E-state index contributed by atoms with van der Waals surface area (Å²) >= 11 is 0. The van der Waals surface area contributed by atoms with Crippen LogP contribution in [-0.2, 0) is 17.9 Å². The summed E-state index contributed by atoms with van der Waals surface area (Å²) in [6, 6.07) is 14.4. The van der Waals surface area contributed by atoms with Crippen LogP contribution in [0.3, 0.4) is 0 Å². The summed E-state index contributed by atoms with van der Waals surface area (Å²) in [6.07, 6.45) is 2.88. The quantitative estimate of drug-likeness (QED) is 0.642. The molecule has 0 saturated carbocycles. The number of amides is 1. The largest absolute Gasteiger partial charge is 0.370 e. The highest BCUT2D eigenvalue weighted by molar-refractivity contribution is 5.79. The molecule has 0 spiro atoms. The second-order valence-corrected chi connectivity index (χ2v) is 7.91. The first-order valence-electron chi connectivity index (χ1n) is 10.6. The van der Waals surface area contributed by atoms with Crippen LogP contribution in [0.25, 0.3) is 0 Å². The molecular formula is C24H24F2N4O2. The average molecular weight is 438 g/mol. The van der Waals surface area contributed by atoms with Gasteiger partial charge in [0.1, 0.15) is 11.6 Å². The third-order valence-electron chi connectivity index (χ3n) is 5.72. The smallest absolute Gasteiger partial charge is 0.269 e. The van der Waals surface area contributed by atoms with Crippen LogP contribution in [0.4, 0.5) is 14.5 Å². The van der Waals surface area contributed by atoms with E-state index in [1.165, 1.54) is 4.68 Å². The summed E-state index contributed by atoms with van der Waals surface area (Å²) in [7, 11) is 0. The van der Waals surface area contributed by atoms with E-state index in [-0.39, 0.29) is 29.5 Å². The van der Waals surface area contributed by atoms with Gasteiger partial charge in [-0.1, -0.05) is 30.3 Å². The van der Waals surface area contributed by atoms with Crippen LogP contribution in [0, 0.1) is 17.6 Å². The van der Waals surface area contributed by atoms with Crippen LogP contribution in [0.5, 0.6) is 0 Å². The summed E-state index contributed by atoms with van der Waals surface area (Å²) in [5, 5.41) is 7.00. The highest BCUT2D eigenvalue weighted by Crippen LogP contribution is 2.22. The van der Waals surface area contributed by atoms with Crippen molar-refractivity contribution in [2.45, 2.75) is 25.9 Å². The number of hydrogen-bond donors (Lipinski definition) is 1. The second kappa shape index (κ2) is 9.72. The number of nitrogens with zero attached hydrogens (tertiary/aromatic N) is 3. The number of carbonyl (C=O) groups excluding carboxylic acids is 1. The minimum atomic E-state index is -0.545. The number of aromatic nitrogens is 2. The van der Waals surface area contributed by atoms with E-state index in [1.54, 1.807) is 12.3 Å². The molecule has 0 radical (unpaired) electrons. The Hall–Kier alpha value is -3.55. The van der Waals surface area contributed by atoms with Crippen LogP contribution < -0.4 is 15.8 Å². The minimum Gasteiger partial charge on any atom is -0.370 e. The zero-order chi connectivity index (χ0) is 22.5. The molecule has 2 heterocycles. The maximum Gasteiger partial charge on any atom is 0.269 e. The summed E-state index contributed by atoms with van der Waals surface area (Å²) < 4.78 is 28.4. The van der Waals surface area contributed by atoms with Crippen molar-refractivity contribution in [3.05, 3.63) is 93.9 Å². The van der Waals surface area contributed by atoms with Gasteiger partial charge in [-0.25, -0.2) is 13.5 Å². The van der Waals surface area contributed by atoms with Crippen LogP contribution in [0.1, 0.15) is 24.0 Å². The van der Waals surface area contributed by atoms with Gasteiger partial charge in [0.2, 0.25) is 5.91 Å². The fourth-order valence-corrected chi connectivity index (χ4v) is 3.88. The van der Waals surface area contributed by atoms with E-state index in [2.05, 4.69) is 10.4 Å². The molecule has 0 atom stereocenters. The number of carbonyl (C=O) groups is 1. The van der Waals surface area contributed by atoms with Crippen molar-refractivity contribution < 1.29 is 13.6 Å². The lowest BCUT2D eigenvalue weighted by atomic mass is 9.95. The van der Waals surface area contributed by atoms with Gasteiger partial charge in [-0.15, -0.1) is 0 Å². The fraction of sp³-hybridized carbons (Fsp3) is 0.292. The van der Waals surface area contributed by atoms with Crippen LogP contribution >= 0.6 is 0 Å². The van der Waals surface area contributed by atoms with Crippen molar-refractivity contribution in [2.75, 3.05) is 18.0 Å². The molecule has 1 amide bonds. The third kappa shape index (κ3) is 5.19. The third-order valence-corrected chi connectivity index (χ3v) is 5.72. The first-order valence-corrected chi connectivity index (χ1v) is 10.6. The molecule has 0 bridgehead atoms. The molecule has 4 rings (SSSR count). The Morgan fingerprint density at radius 3 is 2.53 bits per heavy atom. The maximum absolute atomic E-state index is 13.7. The lowest BCUT2D eigenvalue weighted by Gasteiger charge is -2.32.